The molecule has 2 aliphatic heterocycles. The van der Waals surface area contributed by atoms with Crippen LogP contribution >= 0.6 is 0 Å². The summed E-state index contributed by atoms with van der Waals surface area (Å²) in [7, 11) is 0. The average Bonchev–Trinajstić information content (AvgIpc) is 2.41. The molecule has 0 aromatic rings. The first-order chi connectivity index (χ1) is 8.79. The fourth-order valence-electron chi connectivity index (χ4n) is 3.19. The zero-order valence-corrected chi connectivity index (χ0v) is 12.2. The first-order valence-corrected chi connectivity index (χ1v) is 7.88. The molecule has 2 heterocycles. The second-order valence-corrected chi connectivity index (χ2v) is 6.02. The summed E-state index contributed by atoms with van der Waals surface area (Å²) in [6.45, 7) is 9.20. The Hall–Kier alpha value is -0.120. The minimum atomic E-state index is 0.533. The van der Waals surface area contributed by atoms with E-state index in [1.165, 1.54) is 51.6 Å². The Morgan fingerprint density at radius 1 is 1.28 bits per heavy atom. The van der Waals surface area contributed by atoms with Crippen LogP contribution in [0.3, 0.4) is 0 Å². The number of nitrogens with zero attached hydrogens (tertiary/aromatic N) is 1. The number of rotatable bonds is 5. The van der Waals surface area contributed by atoms with E-state index in [1.54, 1.807) is 0 Å². The predicted molar refractivity (Wildman–Crippen MR) is 75.9 cm³/mol. The van der Waals surface area contributed by atoms with Gasteiger partial charge in [-0.05, 0) is 39.0 Å². The van der Waals surface area contributed by atoms with E-state index < -0.39 is 0 Å². The van der Waals surface area contributed by atoms with Gasteiger partial charge in [0.05, 0.1) is 6.10 Å². The highest BCUT2D eigenvalue weighted by Crippen LogP contribution is 2.18. The molecule has 3 heteroatoms. The summed E-state index contributed by atoms with van der Waals surface area (Å²) in [4.78, 5) is 2.66. The van der Waals surface area contributed by atoms with Crippen molar-refractivity contribution >= 4 is 0 Å². The number of nitrogens with one attached hydrogen (secondary N) is 1. The molecule has 3 atom stereocenters. The van der Waals surface area contributed by atoms with E-state index in [1.807, 2.05) is 0 Å². The van der Waals surface area contributed by atoms with Gasteiger partial charge in [0.15, 0.2) is 0 Å². The Labute approximate surface area is 112 Å². The standard InChI is InChI=1S/C15H30N2O/c1-3-6-14-12-17(13(2)11-16-14)9-8-15-7-4-5-10-18-15/h13-16H,3-12H2,1-2H3. The number of hydrogen-bond acceptors (Lipinski definition) is 3. The van der Waals surface area contributed by atoms with Gasteiger partial charge in [0.1, 0.15) is 0 Å². The fourth-order valence-corrected chi connectivity index (χ4v) is 3.19. The molecular weight excluding hydrogens is 224 g/mol. The largest absolute Gasteiger partial charge is 0.378 e. The van der Waals surface area contributed by atoms with E-state index in [0.717, 1.165) is 13.2 Å². The van der Waals surface area contributed by atoms with Gasteiger partial charge in [-0.3, -0.25) is 4.90 Å². The molecule has 0 radical (unpaired) electrons. The van der Waals surface area contributed by atoms with Crippen molar-refractivity contribution in [3.63, 3.8) is 0 Å². The van der Waals surface area contributed by atoms with Gasteiger partial charge in [-0.15, -0.1) is 0 Å². The van der Waals surface area contributed by atoms with Crippen LogP contribution in [0.2, 0.25) is 0 Å². The lowest BCUT2D eigenvalue weighted by atomic mass is 10.0. The molecule has 2 fully saturated rings. The molecule has 0 aromatic carbocycles. The van der Waals surface area contributed by atoms with Crippen LogP contribution in [0.4, 0.5) is 0 Å². The number of hydrogen-bond donors (Lipinski definition) is 1. The summed E-state index contributed by atoms with van der Waals surface area (Å²) in [6, 6.07) is 1.39. The Morgan fingerprint density at radius 2 is 2.17 bits per heavy atom. The van der Waals surface area contributed by atoms with Crippen molar-refractivity contribution in [3.05, 3.63) is 0 Å². The molecule has 106 valence electrons. The molecule has 0 aliphatic carbocycles. The third-order valence-electron chi connectivity index (χ3n) is 4.43. The van der Waals surface area contributed by atoms with Gasteiger partial charge in [-0.1, -0.05) is 13.3 Å². The average molecular weight is 254 g/mol. The predicted octanol–water partition coefficient (Wildman–Crippen LogP) is 2.41. The fraction of sp³-hybridized carbons (Fsp3) is 1.00. The quantitative estimate of drug-likeness (QED) is 0.815. The van der Waals surface area contributed by atoms with Crippen LogP contribution in [-0.4, -0.2) is 49.3 Å². The minimum absolute atomic E-state index is 0.533. The molecule has 3 unspecified atom stereocenters. The van der Waals surface area contributed by atoms with Gasteiger partial charge >= 0.3 is 0 Å². The van der Waals surface area contributed by atoms with Gasteiger partial charge in [0, 0.05) is 38.3 Å². The summed E-state index contributed by atoms with van der Waals surface area (Å²) in [5.74, 6) is 0. The van der Waals surface area contributed by atoms with Crippen molar-refractivity contribution in [1.29, 1.82) is 0 Å². The Bertz CT molecular complexity index is 229. The van der Waals surface area contributed by atoms with E-state index in [2.05, 4.69) is 24.1 Å². The van der Waals surface area contributed by atoms with E-state index in [0.29, 0.717) is 18.2 Å². The summed E-state index contributed by atoms with van der Waals surface area (Å²) >= 11 is 0. The van der Waals surface area contributed by atoms with Gasteiger partial charge in [-0.2, -0.15) is 0 Å². The number of ether oxygens (including phenoxy) is 1. The van der Waals surface area contributed by atoms with E-state index >= 15 is 0 Å². The molecule has 2 saturated heterocycles. The lowest BCUT2D eigenvalue weighted by Gasteiger charge is -2.39. The van der Waals surface area contributed by atoms with Crippen LogP contribution < -0.4 is 5.32 Å². The normalized spacial score (nSPS) is 34.7. The minimum Gasteiger partial charge on any atom is -0.378 e. The van der Waals surface area contributed by atoms with Crippen LogP contribution in [0.1, 0.15) is 52.4 Å². The highest BCUT2D eigenvalue weighted by Gasteiger charge is 2.25. The van der Waals surface area contributed by atoms with E-state index in [-0.39, 0.29) is 0 Å². The SMILES string of the molecule is CCCC1CN(CCC2CCCCO2)C(C)CN1. The van der Waals surface area contributed by atoms with Crippen molar-refractivity contribution in [3.8, 4) is 0 Å². The van der Waals surface area contributed by atoms with Gasteiger partial charge in [0.2, 0.25) is 0 Å². The van der Waals surface area contributed by atoms with Crippen LogP contribution in [0.25, 0.3) is 0 Å². The van der Waals surface area contributed by atoms with Crippen molar-refractivity contribution in [2.24, 2.45) is 0 Å². The maximum absolute atomic E-state index is 5.84. The summed E-state index contributed by atoms with van der Waals surface area (Å²) in [6.07, 6.45) is 8.25. The third kappa shape index (κ3) is 4.22. The smallest absolute Gasteiger partial charge is 0.0587 e. The summed E-state index contributed by atoms with van der Waals surface area (Å²) in [5, 5.41) is 3.66. The third-order valence-corrected chi connectivity index (χ3v) is 4.43. The van der Waals surface area contributed by atoms with Gasteiger partial charge in [-0.25, -0.2) is 0 Å². The van der Waals surface area contributed by atoms with Crippen LogP contribution in [-0.2, 0) is 4.74 Å². The van der Waals surface area contributed by atoms with Crippen molar-refractivity contribution in [2.45, 2.75) is 70.6 Å². The monoisotopic (exact) mass is 254 g/mol. The Morgan fingerprint density at radius 3 is 2.89 bits per heavy atom. The maximum atomic E-state index is 5.84. The first-order valence-electron chi connectivity index (χ1n) is 7.88. The van der Waals surface area contributed by atoms with Gasteiger partial charge in [0.25, 0.3) is 0 Å². The van der Waals surface area contributed by atoms with Crippen LogP contribution in [0.5, 0.6) is 0 Å². The molecule has 0 saturated carbocycles. The molecule has 1 N–H and O–H groups in total. The molecule has 0 spiro atoms. The summed E-state index contributed by atoms with van der Waals surface area (Å²) < 4.78 is 5.84. The van der Waals surface area contributed by atoms with Crippen molar-refractivity contribution in [1.82, 2.24) is 10.2 Å². The zero-order valence-electron chi connectivity index (χ0n) is 12.2. The van der Waals surface area contributed by atoms with Crippen LogP contribution in [0.15, 0.2) is 0 Å². The summed E-state index contributed by atoms with van der Waals surface area (Å²) in [5.41, 5.74) is 0. The second-order valence-electron chi connectivity index (χ2n) is 6.02. The van der Waals surface area contributed by atoms with E-state index in [4.69, 9.17) is 4.74 Å². The van der Waals surface area contributed by atoms with Gasteiger partial charge < -0.3 is 10.1 Å². The highest BCUT2D eigenvalue weighted by atomic mass is 16.5. The molecule has 0 aromatic heterocycles. The highest BCUT2D eigenvalue weighted by molar-refractivity contribution is 4.84. The van der Waals surface area contributed by atoms with E-state index in [9.17, 15) is 0 Å². The van der Waals surface area contributed by atoms with Crippen molar-refractivity contribution in [2.75, 3.05) is 26.2 Å². The first kappa shape index (κ1) is 14.3. The zero-order chi connectivity index (χ0) is 12.8. The molecule has 0 amide bonds. The van der Waals surface area contributed by atoms with Crippen molar-refractivity contribution < 1.29 is 4.74 Å². The Balaban J connectivity index is 1.72. The molecule has 3 nitrogen and oxygen atoms in total. The maximum Gasteiger partial charge on any atom is 0.0587 e. The lowest BCUT2D eigenvalue weighted by molar-refractivity contribution is 0.000521. The topological polar surface area (TPSA) is 24.5 Å². The lowest BCUT2D eigenvalue weighted by Crippen LogP contribution is -2.55. The molecule has 18 heavy (non-hydrogen) atoms. The molecule has 0 bridgehead atoms. The second kappa shape index (κ2) is 7.46. The molecule has 2 rings (SSSR count). The molecular formula is C15H30N2O. The Kier molecular flexibility index (Phi) is 5.93. The molecule has 2 aliphatic rings. The number of piperazine rings is 1. The van der Waals surface area contributed by atoms with Crippen LogP contribution in [0, 0.1) is 0 Å².